The summed E-state index contributed by atoms with van der Waals surface area (Å²) in [6.45, 7) is 4.65. The minimum Gasteiger partial charge on any atom is -0.491 e. The molecule has 100 valence electrons. The van der Waals surface area contributed by atoms with Gasteiger partial charge in [0.2, 0.25) is 0 Å². The Morgan fingerprint density at radius 3 is 2.05 bits per heavy atom. The zero-order valence-corrected chi connectivity index (χ0v) is 11.5. The third-order valence-electron chi connectivity index (χ3n) is 2.93. The van der Waals surface area contributed by atoms with Crippen LogP contribution in [0.3, 0.4) is 0 Å². The first-order valence-electron chi connectivity index (χ1n) is 6.64. The van der Waals surface area contributed by atoms with E-state index in [9.17, 15) is 0 Å². The molecule has 0 heterocycles. The van der Waals surface area contributed by atoms with E-state index in [2.05, 4.69) is 19.1 Å². The van der Waals surface area contributed by atoms with Gasteiger partial charge in [-0.2, -0.15) is 0 Å². The molecule has 0 saturated heterocycles. The summed E-state index contributed by atoms with van der Waals surface area (Å²) >= 11 is 0. The van der Waals surface area contributed by atoms with Crippen LogP contribution in [0.4, 0.5) is 0 Å². The highest BCUT2D eigenvalue weighted by Gasteiger charge is 2.10. The monoisotopic (exact) mass is 256 g/mol. The Bertz CT molecular complexity index is 467. The number of hydrogen-bond donors (Lipinski definition) is 0. The summed E-state index contributed by atoms with van der Waals surface area (Å²) in [6.07, 6.45) is 0.131. The van der Waals surface area contributed by atoms with Crippen molar-refractivity contribution >= 4 is 0 Å². The molecule has 2 rings (SSSR count). The van der Waals surface area contributed by atoms with Crippen molar-refractivity contribution in [3.8, 4) is 5.75 Å². The Balaban J connectivity index is 1.80. The van der Waals surface area contributed by atoms with Crippen molar-refractivity contribution in [1.29, 1.82) is 0 Å². The molecular weight excluding hydrogens is 236 g/mol. The lowest BCUT2D eigenvalue weighted by Gasteiger charge is -2.20. The number of benzene rings is 2. The SMILES string of the molecule is CC(COc1ccccc1)OC(C)c1ccccc1. The summed E-state index contributed by atoms with van der Waals surface area (Å²) in [4.78, 5) is 0. The minimum absolute atomic E-state index is 0.0513. The van der Waals surface area contributed by atoms with E-state index >= 15 is 0 Å². The molecule has 19 heavy (non-hydrogen) atoms. The number of ether oxygens (including phenoxy) is 2. The first-order chi connectivity index (χ1) is 9.25. The normalized spacial score (nSPS) is 13.8. The number of para-hydroxylation sites is 1. The van der Waals surface area contributed by atoms with Crippen LogP contribution in [0, 0.1) is 0 Å². The molecule has 0 bridgehead atoms. The lowest BCUT2D eigenvalue weighted by Crippen LogP contribution is -2.19. The highest BCUT2D eigenvalue weighted by atomic mass is 16.5. The van der Waals surface area contributed by atoms with Crippen molar-refractivity contribution in [1.82, 2.24) is 0 Å². The first-order valence-corrected chi connectivity index (χ1v) is 6.64. The molecule has 0 N–H and O–H groups in total. The molecule has 0 fully saturated rings. The molecule has 2 aromatic rings. The van der Waals surface area contributed by atoms with Crippen LogP contribution in [0.2, 0.25) is 0 Å². The van der Waals surface area contributed by atoms with E-state index in [0.29, 0.717) is 6.61 Å². The van der Waals surface area contributed by atoms with Crippen molar-refractivity contribution in [2.75, 3.05) is 6.61 Å². The van der Waals surface area contributed by atoms with E-state index < -0.39 is 0 Å². The minimum atomic E-state index is 0.0513. The zero-order chi connectivity index (χ0) is 13.5. The van der Waals surface area contributed by atoms with Crippen LogP contribution in [-0.4, -0.2) is 12.7 Å². The summed E-state index contributed by atoms with van der Waals surface area (Å²) in [7, 11) is 0. The van der Waals surface area contributed by atoms with Gasteiger partial charge in [-0.25, -0.2) is 0 Å². The van der Waals surface area contributed by atoms with Gasteiger partial charge in [0.05, 0.1) is 12.2 Å². The third kappa shape index (κ3) is 4.42. The van der Waals surface area contributed by atoms with Crippen LogP contribution in [0.15, 0.2) is 60.7 Å². The molecule has 0 amide bonds. The van der Waals surface area contributed by atoms with Crippen LogP contribution >= 0.6 is 0 Å². The van der Waals surface area contributed by atoms with Crippen LogP contribution < -0.4 is 4.74 Å². The second-order valence-corrected chi connectivity index (χ2v) is 4.62. The second kappa shape index (κ2) is 6.95. The molecule has 0 aliphatic carbocycles. The molecule has 2 unspecified atom stereocenters. The van der Waals surface area contributed by atoms with E-state index in [-0.39, 0.29) is 12.2 Å². The molecule has 0 spiro atoms. The summed E-state index contributed by atoms with van der Waals surface area (Å²) in [5, 5.41) is 0. The fourth-order valence-electron chi connectivity index (χ4n) is 1.92. The van der Waals surface area contributed by atoms with E-state index in [1.165, 1.54) is 5.56 Å². The van der Waals surface area contributed by atoms with Crippen molar-refractivity contribution in [3.63, 3.8) is 0 Å². The quantitative estimate of drug-likeness (QED) is 0.770. The smallest absolute Gasteiger partial charge is 0.119 e. The Morgan fingerprint density at radius 2 is 1.42 bits per heavy atom. The molecule has 0 saturated carbocycles. The Labute approximate surface area is 115 Å². The van der Waals surface area contributed by atoms with Crippen LogP contribution in [-0.2, 0) is 4.74 Å². The fourth-order valence-corrected chi connectivity index (χ4v) is 1.92. The maximum Gasteiger partial charge on any atom is 0.119 e. The molecule has 0 aliphatic heterocycles. The lowest BCUT2D eigenvalue weighted by atomic mass is 10.1. The molecule has 2 aromatic carbocycles. The average Bonchev–Trinajstić information content (AvgIpc) is 2.47. The Hall–Kier alpha value is -1.80. The van der Waals surface area contributed by atoms with Crippen LogP contribution in [0.25, 0.3) is 0 Å². The van der Waals surface area contributed by atoms with E-state index in [0.717, 1.165) is 5.75 Å². The third-order valence-corrected chi connectivity index (χ3v) is 2.93. The predicted octanol–water partition coefficient (Wildman–Crippen LogP) is 4.23. The highest BCUT2D eigenvalue weighted by Crippen LogP contribution is 2.18. The van der Waals surface area contributed by atoms with Crippen molar-refractivity contribution in [2.45, 2.75) is 26.1 Å². The summed E-state index contributed by atoms with van der Waals surface area (Å²) < 4.78 is 11.6. The van der Waals surface area contributed by atoms with Gasteiger partial charge in [0.15, 0.2) is 0 Å². The molecule has 0 aromatic heterocycles. The van der Waals surface area contributed by atoms with Gasteiger partial charge in [-0.05, 0) is 31.5 Å². The second-order valence-electron chi connectivity index (χ2n) is 4.62. The molecule has 0 radical (unpaired) electrons. The van der Waals surface area contributed by atoms with Gasteiger partial charge >= 0.3 is 0 Å². The van der Waals surface area contributed by atoms with E-state index in [1.807, 2.05) is 55.5 Å². The van der Waals surface area contributed by atoms with E-state index in [1.54, 1.807) is 0 Å². The topological polar surface area (TPSA) is 18.5 Å². The van der Waals surface area contributed by atoms with Gasteiger partial charge in [0.25, 0.3) is 0 Å². The van der Waals surface area contributed by atoms with Crippen LogP contribution in [0.5, 0.6) is 5.75 Å². The summed E-state index contributed by atoms with van der Waals surface area (Å²) in [5.74, 6) is 0.880. The van der Waals surface area contributed by atoms with Crippen molar-refractivity contribution in [2.24, 2.45) is 0 Å². The standard InChI is InChI=1S/C17H20O2/c1-14(13-18-17-11-7-4-8-12-17)19-15(2)16-9-5-3-6-10-16/h3-12,14-15H,13H2,1-2H3. The van der Waals surface area contributed by atoms with Crippen molar-refractivity contribution < 1.29 is 9.47 Å². The molecule has 2 atom stereocenters. The van der Waals surface area contributed by atoms with Gasteiger partial charge in [0.1, 0.15) is 12.4 Å². The Morgan fingerprint density at radius 1 is 0.842 bits per heavy atom. The lowest BCUT2D eigenvalue weighted by molar-refractivity contribution is -0.0164. The van der Waals surface area contributed by atoms with E-state index in [4.69, 9.17) is 9.47 Å². The number of rotatable bonds is 6. The summed E-state index contributed by atoms with van der Waals surface area (Å²) in [5.41, 5.74) is 1.19. The van der Waals surface area contributed by atoms with Crippen molar-refractivity contribution in [3.05, 3.63) is 66.2 Å². The molecule has 2 nitrogen and oxygen atoms in total. The number of hydrogen-bond acceptors (Lipinski definition) is 2. The maximum atomic E-state index is 5.93. The zero-order valence-electron chi connectivity index (χ0n) is 11.5. The van der Waals surface area contributed by atoms with Crippen LogP contribution in [0.1, 0.15) is 25.5 Å². The Kier molecular flexibility index (Phi) is 4.99. The van der Waals surface area contributed by atoms with Gasteiger partial charge in [-0.3, -0.25) is 0 Å². The predicted molar refractivity (Wildman–Crippen MR) is 77.3 cm³/mol. The molecule has 0 aliphatic rings. The maximum absolute atomic E-state index is 5.93. The molecular formula is C17H20O2. The van der Waals surface area contributed by atoms with Gasteiger partial charge in [0, 0.05) is 0 Å². The fraction of sp³-hybridized carbons (Fsp3) is 0.294. The van der Waals surface area contributed by atoms with Gasteiger partial charge in [-0.15, -0.1) is 0 Å². The largest absolute Gasteiger partial charge is 0.491 e. The van der Waals surface area contributed by atoms with Gasteiger partial charge in [-0.1, -0.05) is 48.5 Å². The van der Waals surface area contributed by atoms with Gasteiger partial charge < -0.3 is 9.47 Å². The highest BCUT2D eigenvalue weighted by molar-refractivity contribution is 5.21. The molecule has 2 heteroatoms. The summed E-state index contributed by atoms with van der Waals surface area (Å²) in [6, 6.07) is 20.0. The average molecular weight is 256 g/mol. The first kappa shape index (κ1) is 13.6.